The summed E-state index contributed by atoms with van der Waals surface area (Å²) in [5.41, 5.74) is 4.24. The lowest BCUT2D eigenvalue weighted by Gasteiger charge is -2.18. The Bertz CT molecular complexity index is 4620. The average Bonchev–Trinajstić information content (AvgIpc) is 1.69. The second-order valence-electron chi connectivity index (χ2n) is 26.7. The van der Waals surface area contributed by atoms with Gasteiger partial charge in [0.25, 0.3) is 0 Å². The molecule has 10 aromatic rings. The van der Waals surface area contributed by atoms with Crippen molar-refractivity contribution in [2.45, 2.75) is 125 Å². The van der Waals surface area contributed by atoms with Crippen LogP contribution >= 0.6 is 0 Å². The molecule has 0 fully saturated rings. The third kappa shape index (κ3) is 26.4. The molecule has 1 amide bonds. The van der Waals surface area contributed by atoms with Crippen LogP contribution in [-0.2, 0) is 51.2 Å². The zero-order valence-corrected chi connectivity index (χ0v) is 60.6. The van der Waals surface area contributed by atoms with Gasteiger partial charge in [0.15, 0.2) is 28.8 Å². The van der Waals surface area contributed by atoms with E-state index in [-0.39, 0.29) is 105 Å². The lowest BCUT2D eigenvalue weighted by molar-refractivity contribution is -0.0775. The molecule has 22 nitrogen and oxygen atoms in total. The molecule has 0 aliphatic rings. The summed E-state index contributed by atoms with van der Waals surface area (Å²) in [5, 5.41) is 27.9. The predicted molar refractivity (Wildman–Crippen MR) is 375 cm³/mol. The normalized spacial score (nSPS) is 11.0. The molecule has 0 radical (unpaired) electrons. The quantitative estimate of drug-likeness (QED) is 0.0210. The number of carbonyl (C=O) groups excluding carboxylic acids is 6. The number of halogens is 5. The molecule has 0 aliphatic heterocycles. The Morgan fingerprint density at radius 2 is 0.607 bits per heavy atom. The molecule has 0 saturated carbocycles. The molecule has 0 atom stereocenters. The molecule has 0 saturated heterocycles. The van der Waals surface area contributed by atoms with Crippen LogP contribution in [0, 0.1) is 29.1 Å². The van der Waals surface area contributed by atoms with Crippen LogP contribution in [0.4, 0.5) is 22.0 Å². The largest absolute Gasteiger partial charge is 0.475 e. The summed E-state index contributed by atoms with van der Waals surface area (Å²) >= 11 is 0. The van der Waals surface area contributed by atoms with Crippen molar-refractivity contribution in [3.05, 3.63) is 294 Å². The van der Waals surface area contributed by atoms with Crippen molar-refractivity contribution in [1.29, 1.82) is 0 Å². The maximum atomic E-state index is 13.1. The van der Waals surface area contributed by atoms with Crippen LogP contribution in [0.2, 0.25) is 0 Å². The van der Waals surface area contributed by atoms with E-state index >= 15 is 0 Å². The molecular formula is C80H78F5NO21. The number of carbonyl (C=O) groups is 9. The highest BCUT2D eigenvalue weighted by atomic mass is 19.1. The van der Waals surface area contributed by atoms with Crippen LogP contribution in [0.15, 0.2) is 180 Å². The Morgan fingerprint density at radius 1 is 0.355 bits per heavy atom. The van der Waals surface area contributed by atoms with Crippen LogP contribution in [0.25, 0.3) is 0 Å². The van der Waals surface area contributed by atoms with Crippen molar-refractivity contribution >= 4 is 53.3 Å². The van der Waals surface area contributed by atoms with Gasteiger partial charge in [0.1, 0.15) is 45.9 Å². The maximum absolute atomic E-state index is 13.1. The Kier molecular flexibility index (Phi) is 28.9. The summed E-state index contributed by atoms with van der Waals surface area (Å²) in [7, 11) is 2.77. The van der Waals surface area contributed by atoms with E-state index in [1.807, 2.05) is 0 Å². The topological polar surface area (TPSA) is 320 Å². The summed E-state index contributed by atoms with van der Waals surface area (Å²) in [6.07, 6.45) is 2.91. The number of furan rings is 5. The van der Waals surface area contributed by atoms with Crippen LogP contribution in [0.3, 0.4) is 0 Å². The summed E-state index contributed by atoms with van der Waals surface area (Å²) in [5.74, 6) is -9.33. The van der Waals surface area contributed by atoms with Crippen molar-refractivity contribution < 1.29 is 122 Å². The van der Waals surface area contributed by atoms with Gasteiger partial charge in [0.05, 0.1) is 13.4 Å². The Balaban J connectivity index is 0.000000211. The highest BCUT2D eigenvalue weighted by molar-refractivity contribution is 5.97. The highest BCUT2D eigenvalue weighted by Gasteiger charge is 2.30. The van der Waals surface area contributed by atoms with E-state index in [4.69, 9.17) is 51.3 Å². The van der Waals surface area contributed by atoms with Crippen molar-refractivity contribution in [3.63, 3.8) is 0 Å². The number of ether oxygens (including phenoxy) is 3. The number of hydrogen-bond donors (Lipinski definition) is 3. The minimum absolute atomic E-state index is 0.0118. The Labute approximate surface area is 611 Å². The van der Waals surface area contributed by atoms with E-state index in [2.05, 4.69) is 0 Å². The maximum Gasteiger partial charge on any atom is 0.374 e. The van der Waals surface area contributed by atoms with Crippen molar-refractivity contribution in [1.82, 2.24) is 5.06 Å². The van der Waals surface area contributed by atoms with Gasteiger partial charge in [-0.2, -0.15) is 0 Å². The molecule has 0 unspecified atom stereocenters. The zero-order chi connectivity index (χ0) is 79.4. The molecule has 5 aromatic heterocycles. The lowest BCUT2D eigenvalue weighted by atomic mass is 10.0. The second kappa shape index (κ2) is 36.9. The third-order valence-electron chi connectivity index (χ3n) is 14.3. The van der Waals surface area contributed by atoms with Crippen LogP contribution in [0.1, 0.15) is 227 Å². The lowest BCUT2D eigenvalue weighted by Crippen LogP contribution is -2.26. The molecule has 0 spiro atoms. The van der Waals surface area contributed by atoms with Crippen molar-refractivity contribution in [2.75, 3.05) is 14.2 Å². The number of benzene rings is 5. The number of Topliss-reactive ketones (excluding diaryl/α,β-unsaturated/α-hetero) is 2. The van der Waals surface area contributed by atoms with Gasteiger partial charge in [-0.1, -0.05) is 60.7 Å². The van der Waals surface area contributed by atoms with E-state index in [9.17, 15) is 70.2 Å². The Hall–Kier alpha value is -12.3. The fourth-order valence-electron chi connectivity index (χ4n) is 9.59. The molecule has 27 heteroatoms. The number of hydrogen-bond acceptors (Lipinski definition) is 18. The highest BCUT2D eigenvalue weighted by Crippen LogP contribution is 2.28. The van der Waals surface area contributed by atoms with Gasteiger partial charge in [-0.25, -0.2) is 55.8 Å². The van der Waals surface area contributed by atoms with E-state index in [0.717, 1.165) is 27.3 Å². The SMILES string of the molecule is CC(=O)c1oc(C(=O)O)cc1Cc1ccc(F)cc1.CC(=O)c1oc(C(=O)OC(C)(C)C)cc1Cc1ccc(F)cc1.CC(C)(C)OC(=O)c1cc(Cc2ccc(F)cc2)c(C(=O)O)o1.CON(C)C(=O)c1oc(C(=O)OC(C)(C)C)cc1Cc1ccc(F)cc1.O=C(O)c1occc1Cc1ccc(F)cc1. The second-order valence-corrected chi connectivity index (χ2v) is 26.7. The van der Waals surface area contributed by atoms with Crippen LogP contribution < -0.4 is 0 Å². The third-order valence-corrected chi connectivity index (χ3v) is 14.3. The van der Waals surface area contributed by atoms with Crippen molar-refractivity contribution in [2.24, 2.45) is 0 Å². The summed E-state index contributed by atoms with van der Waals surface area (Å²) in [6.45, 7) is 18.2. The first kappa shape index (κ1) is 83.7. The fraction of sp³-hybridized carbons (Fsp3) is 0.263. The minimum atomic E-state index is -1.28. The van der Waals surface area contributed by atoms with Gasteiger partial charge in [-0.3, -0.25) is 19.2 Å². The van der Waals surface area contributed by atoms with E-state index in [1.165, 1.54) is 119 Å². The number of ketones is 2. The number of hydroxylamine groups is 2. The number of esters is 3. The standard InChI is InChI=1S/C19H22FNO5.C18H19FO4.C17H17FO5.C14H11FO4.C12H9FO3/c1-19(2,3)26-18(23)15-11-13(10-12-6-8-14(20)9-7-12)16(25-15)17(22)21(4)24-5;1-11(20)16-13(9-12-5-7-14(19)8-6-12)10-15(22-16)17(21)23-18(2,3)4;1-17(2,3)23-16(21)13-9-11(14(22-13)15(19)20)8-10-4-6-12(18)7-5-10;1-8(16)13-10(7-12(19-13)14(17)18)6-9-2-4-11(15)5-3-9;13-10-3-1-8(2-4-10)7-9-5-6-16-11(9)12(14)15/h6-9,11H,10H2,1-5H3;5-8,10H,9H2,1-4H3;4-7,9H,8H2,1-3H3,(H,19,20);2-5,7H,6H2,1H3,(H,17,18);1-6H,7H2,(H,14,15). The van der Waals surface area contributed by atoms with Gasteiger partial charge in [0, 0.05) is 80.8 Å². The molecule has 564 valence electrons. The first-order valence-electron chi connectivity index (χ1n) is 32.6. The molecule has 5 aromatic carbocycles. The number of amides is 1. The molecule has 0 aliphatic carbocycles. The molecule has 3 N–H and O–H groups in total. The molecule has 0 bridgehead atoms. The molecule has 107 heavy (non-hydrogen) atoms. The number of nitrogens with zero attached hydrogens (tertiary/aromatic N) is 1. The number of rotatable bonds is 20. The summed E-state index contributed by atoms with van der Waals surface area (Å²) in [4.78, 5) is 110. The average molecular weight is 1480 g/mol. The fourth-order valence-corrected chi connectivity index (χ4v) is 9.59. The predicted octanol–water partition coefficient (Wildman–Crippen LogP) is 17.0. The number of carboxylic acid groups (broad SMARTS) is 3. The molecule has 5 heterocycles. The summed E-state index contributed by atoms with van der Waals surface area (Å²) < 4.78 is 106. The minimum Gasteiger partial charge on any atom is -0.475 e. The summed E-state index contributed by atoms with van der Waals surface area (Å²) in [6, 6.07) is 36.4. The molecule has 10 rings (SSSR count). The van der Waals surface area contributed by atoms with E-state index < -0.39 is 58.5 Å². The monoisotopic (exact) mass is 1480 g/mol. The van der Waals surface area contributed by atoms with Crippen LogP contribution in [-0.4, -0.2) is 105 Å². The van der Waals surface area contributed by atoms with Crippen molar-refractivity contribution in [3.8, 4) is 0 Å². The first-order valence-corrected chi connectivity index (χ1v) is 32.6. The van der Waals surface area contributed by atoms with Gasteiger partial charge < -0.3 is 51.6 Å². The van der Waals surface area contributed by atoms with Gasteiger partial charge in [-0.05, 0) is 181 Å². The van der Waals surface area contributed by atoms with Crippen LogP contribution in [0.5, 0.6) is 0 Å². The van der Waals surface area contributed by atoms with Gasteiger partial charge >= 0.3 is 41.7 Å². The number of aromatic carboxylic acids is 3. The van der Waals surface area contributed by atoms with Gasteiger partial charge in [-0.15, -0.1) is 0 Å². The molecular weight excluding hydrogens is 1410 g/mol. The van der Waals surface area contributed by atoms with E-state index in [0.29, 0.717) is 52.6 Å². The first-order chi connectivity index (χ1) is 50.0. The van der Waals surface area contributed by atoms with Gasteiger partial charge in [0.2, 0.25) is 34.6 Å². The zero-order valence-electron chi connectivity index (χ0n) is 60.6. The Morgan fingerprint density at radius 3 is 0.879 bits per heavy atom. The van der Waals surface area contributed by atoms with E-state index in [1.54, 1.807) is 129 Å². The number of carboxylic acids is 3. The smallest absolute Gasteiger partial charge is 0.374 e.